The molecule has 0 spiro atoms. The first kappa shape index (κ1) is 13.5. The van der Waals surface area contributed by atoms with Crippen molar-refractivity contribution in [1.82, 2.24) is 10.4 Å². The highest BCUT2D eigenvalue weighted by Gasteiger charge is 2.14. The van der Waals surface area contributed by atoms with E-state index >= 15 is 0 Å². The molecule has 3 nitrogen and oxygen atoms in total. The first-order valence-electron chi connectivity index (χ1n) is 5.44. The molecule has 0 saturated carbocycles. The Kier molecular flexibility index (Phi) is 4.35. The van der Waals surface area contributed by atoms with Crippen LogP contribution >= 0.6 is 27.5 Å². The maximum absolute atomic E-state index is 5.99. The molecule has 0 saturated heterocycles. The average Bonchev–Trinajstić information content (AvgIpc) is 2.35. The Morgan fingerprint density at radius 3 is 2.67 bits per heavy atom. The van der Waals surface area contributed by atoms with Crippen molar-refractivity contribution in [2.24, 2.45) is 5.84 Å². The second-order valence-corrected chi connectivity index (χ2v) is 5.33. The third-order valence-corrected chi connectivity index (χ3v) is 3.89. The molecule has 0 radical (unpaired) electrons. The van der Waals surface area contributed by atoms with Gasteiger partial charge in [-0.15, -0.1) is 0 Å². The summed E-state index contributed by atoms with van der Waals surface area (Å²) in [5.41, 5.74) is 5.95. The van der Waals surface area contributed by atoms with Crippen LogP contribution in [-0.2, 0) is 0 Å². The van der Waals surface area contributed by atoms with Gasteiger partial charge < -0.3 is 0 Å². The van der Waals surface area contributed by atoms with Gasteiger partial charge in [0, 0.05) is 16.9 Å². The van der Waals surface area contributed by atoms with E-state index in [2.05, 4.69) is 32.4 Å². The molecular formula is C13H13BrClN3. The summed E-state index contributed by atoms with van der Waals surface area (Å²) >= 11 is 9.40. The van der Waals surface area contributed by atoms with Gasteiger partial charge in [-0.3, -0.25) is 10.8 Å². The Morgan fingerprint density at radius 2 is 2.06 bits per heavy atom. The number of rotatable bonds is 3. The molecule has 94 valence electrons. The molecule has 0 aliphatic carbocycles. The number of nitrogens with one attached hydrogen (secondary N) is 1. The normalized spacial score (nSPS) is 12.4. The highest BCUT2D eigenvalue weighted by atomic mass is 79.9. The molecular weight excluding hydrogens is 314 g/mol. The molecule has 1 aromatic heterocycles. The number of nitrogens with zero attached hydrogens (tertiary/aromatic N) is 1. The van der Waals surface area contributed by atoms with Crippen molar-refractivity contribution < 1.29 is 0 Å². The molecule has 5 heteroatoms. The van der Waals surface area contributed by atoms with E-state index in [4.69, 9.17) is 17.4 Å². The summed E-state index contributed by atoms with van der Waals surface area (Å²) in [4.78, 5) is 4.19. The van der Waals surface area contributed by atoms with Gasteiger partial charge in [-0.05, 0) is 51.7 Å². The summed E-state index contributed by atoms with van der Waals surface area (Å²) in [5, 5.41) is 0.678. The summed E-state index contributed by atoms with van der Waals surface area (Å²) < 4.78 is 0.850. The zero-order chi connectivity index (χ0) is 13.1. The summed E-state index contributed by atoms with van der Waals surface area (Å²) in [6.45, 7) is 2.00. The van der Waals surface area contributed by atoms with Crippen LogP contribution in [0.1, 0.15) is 22.7 Å². The van der Waals surface area contributed by atoms with Gasteiger partial charge in [0.2, 0.25) is 0 Å². The van der Waals surface area contributed by atoms with Crippen LogP contribution in [0.5, 0.6) is 0 Å². The van der Waals surface area contributed by atoms with E-state index in [0.717, 1.165) is 21.2 Å². The van der Waals surface area contributed by atoms with Crippen molar-refractivity contribution in [1.29, 1.82) is 0 Å². The topological polar surface area (TPSA) is 50.9 Å². The zero-order valence-electron chi connectivity index (χ0n) is 9.82. The van der Waals surface area contributed by atoms with Crippen LogP contribution in [0.4, 0.5) is 0 Å². The Balaban J connectivity index is 2.42. The van der Waals surface area contributed by atoms with Gasteiger partial charge in [0.15, 0.2) is 0 Å². The molecule has 2 rings (SSSR count). The fourth-order valence-corrected chi connectivity index (χ4v) is 2.33. The fourth-order valence-electron chi connectivity index (χ4n) is 1.81. The molecule has 18 heavy (non-hydrogen) atoms. The summed E-state index contributed by atoms with van der Waals surface area (Å²) in [5.74, 6) is 5.65. The van der Waals surface area contributed by atoms with Crippen LogP contribution in [0.25, 0.3) is 0 Å². The molecule has 1 atom stereocenters. The summed E-state index contributed by atoms with van der Waals surface area (Å²) in [6.07, 6.45) is 3.62. The van der Waals surface area contributed by atoms with Gasteiger partial charge in [0.05, 0.1) is 11.1 Å². The molecule has 0 amide bonds. The average molecular weight is 327 g/mol. The zero-order valence-corrected chi connectivity index (χ0v) is 12.2. The standard InChI is InChI=1S/C13H13BrClN3/c1-8-4-10(7-17-6-8)13(18-16)9-2-3-12(15)11(14)5-9/h2-7,13,18H,16H2,1H3. The SMILES string of the molecule is Cc1cncc(C(NN)c2ccc(Cl)c(Br)c2)c1. The lowest BCUT2D eigenvalue weighted by Gasteiger charge is -2.17. The van der Waals surface area contributed by atoms with Crippen molar-refractivity contribution in [3.63, 3.8) is 0 Å². The number of hydrazine groups is 1. The molecule has 1 unspecified atom stereocenters. The largest absolute Gasteiger partial charge is 0.271 e. The second-order valence-electron chi connectivity index (χ2n) is 4.07. The summed E-state index contributed by atoms with van der Waals surface area (Å²) in [6, 6.07) is 7.69. The molecule has 2 aromatic rings. The number of benzene rings is 1. The van der Waals surface area contributed by atoms with E-state index in [1.54, 1.807) is 6.20 Å². The smallest absolute Gasteiger partial charge is 0.0725 e. The van der Waals surface area contributed by atoms with Crippen LogP contribution in [0.15, 0.2) is 41.1 Å². The Morgan fingerprint density at radius 1 is 1.28 bits per heavy atom. The van der Waals surface area contributed by atoms with Crippen LogP contribution in [-0.4, -0.2) is 4.98 Å². The molecule has 0 bridgehead atoms. The van der Waals surface area contributed by atoms with Gasteiger partial charge in [0.1, 0.15) is 0 Å². The van der Waals surface area contributed by atoms with E-state index in [-0.39, 0.29) is 6.04 Å². The van der Waals surface area contributed by atoms with Gasteiger partial charge in [-0.2, -0.15) is 0 Å². The third-order valence-electron chi connectivity index (χ3n) is 2.67. The minimum Gasteiger partial charge on any atom is -0.271 e. The number of halogens is 2. The highest BCUT2D eigenvalue weighted by molar-refractivity contribution is 9.10. The molecule has 3 N–H and O–H groups in total. The molecule has 0 aliphatic heterocycles. The lowest BCUT2D eigenvalue weighted by Crippen LogP contribution is -2.29. The van der Waals surface area contributed by atoms with Crippen LogP contribution in [0.2, 0.25) is 5.02 Å². The quantitative estimate of drug-likeness (QED) is 0.672. The van der Waals surface area contributed by atoms with Crippen molar-refractivity contribution in [3.05, 3.63) is 62.8 Å². The number of hydrogen-bond acceptors (Lipinski definition) is 3. The lowest BCUT2D eigenvalue weighted by atomic mass is 10.00. The van der Waals surface area contributed by atoms with Gasteiger partial charge >= 0.3 is 0 Å². The maximum atomic E-state index is 5.99. The minimum atomic E-state index is -0.106. The first-order valence-corrected chi connectivity index (χ1v) is 6.61. The van der Waals surface area contributed by atoms with Crippen molar-refractivity contribution in [3.8, 4) is 0 Å². The first-order chi connectivity index (χ1) is 8.61. The number of hydrogen-bond donors (Lipinski definition) is 2. The van der Waals surface area contributed by atoms with Crippen LogP contribution < -0.4 is 11.3 Å². The van der Waals surface area contributed by atoms with E-state index in [9.17, 15) is 0 Å². The van der Waals surface area contributed by atoms with Crippen molar-refractivity contribution in [2.45, 2.75) is 13.0 Å². The minimum absolute atomic E-state index is 0.106. The second kappa shape index (κ2) is 5.80. The molecule has 1 heterocycles. The van der Waals surface area contributed by atoms with E-state index in [1.807, 2.05) is 31.3 Å². The van der Waals surface area contributed by atoms with Crippen molar-refractivity contribution >= 4 is 27.5 Å². The molecule has 0 aliphatic rings. The number of nitrogens with two attached hydrogens (primary N) is 1. The van der Waals surface area contributed by atoms with Crippen LogP contribution in [0, 0.1) is 6.92 Å². The van der Waals surface area contributed by atoms with E-state index < -0.39 is 0 Å². The predicted molar refractivity (Wildman–Crippen MR) is 77.3 cm³/mol. The highest BCUT2D eigenvalue weighted by Crippen LogP contribution is 2.28. The molecule has 1 aromatic carbocycles. The summed E-state index contributed by atoms with van der Waals surface area (Å²) in [7, 11) is 0. The van der Waals surface area contributed by atoms with E-state index in [1.165, 1.54) is 0 Å². The van der Waals surface area contributed by atoms with Gasteiger partial charge in [-0.25, -0.2) is 5.43 Å². The maximum Gasteiger partial charge on any atom is 0.0725 e. The fraction of sp³-hybridized carbons (Fsp3) is 0.154. The number of aromatic nitrogens is 1. The van der Waals surface area contributed by atoms with Gasteiger partial charge in [0.25, 0.3) is 0 Å². The van der Waals surface area contributed by atoms with Crippen molar-refractivity contribution in [2.75, 3.05) is 0 Å². The Bertz CT molecular complexity index is 560. The lowest BCUT2D eigenvalue weighted by molar-refractivity contribution is 0.634. The van der Waals surface area contributed by atoms with E-state index in [0.29, 0.717) is 5.02 Å². The Labute approximate surface area is 119 Å². The Hall–Kier alpha value is -0.940. The predicted octanol–water partition coefficient (Wildman–Crippen LogP) is 3.36. The molecule has 0 fully saturated rings. The third kappa shape index (κ3) is 2.90. The monoisotopic (exact) mass is 325 g/mol. The van der Waals surface area contributed by atoms with Crippen LogP contribution in [0.3, 0.4) is 0 Å². The van der Waals surface area contributed by atoms with Gasteiger partial charge in [-0.1, -0.05) is 23.7 Å². The number of aryl methyl sites for hydroxylation is 1. The number of pyridine rings is 1.